The van der Waals surface area contributed by atoms with Crippen molar-refractivity contribution in [2.24, 2.45) is 5.73 Å². The number of hydrogen-bond donors (Lipinski definition) is 2. The van der Waals surface area contributed by atoms with Crippen LogP contribution in [0, 0.1) is 5.41 Å². The van der Waals surface area contributed by atoms with Gasteiger partial charge in [-0.2, -0.15) is 0 Å². The van der Waals surface area contributed by atoms with Crippen LogP contribution in [0.25, 0.3) is 0 Å². The van der Waals surface area contributed by atoms with Crippen molar-refractivity contribution >= 4 is 5.71 Å². The van der Waals surface area contributed by atoms with Gasteiger partial charge in [-0.05, 0) is 12.5 Å². The van der Waals surface area contributed by atoms with E-state index in [1.54, 1.807) is 12.2 Å². The summed E-state index contributed by atoms with van der Waals surface area (Å²) >= 11 is 0. The molecule has 0 aromatic rings. The van der Waals surface area contributed by atoms with Crippen LogP contribution in [0.3, 0.4) is 0 Å². The summed E-state index contributed by atoms with van der Waals surface area (Å²) in [5.41, 5.74) is 8.37. The van der Waals surface area contributed by atoms with Crippen LogP contribution in [-0.2, 0) is 0 Å². The second-order valence-corrected chi connectivity index (χ2v) is 2.94. The van der Waals surface area contributed by atoms with E-state index in [-0.39, 0.29) is 0 Å². The summed E-state index contributed by atoms with van der Waals surface area (Å²) in [4.78, 5) is 0. The van der Waals surface area contributed by atoms with Gasteiger partial charge in [0, 0.05) is 5.57 Å². The Morgan fingerprint density at radius 3 is 2.71 bits per heavy atom. The minimum Gasteiger partial charge on any atom is -0.396 e. The van der Waals surface area contributed by atoms with Gasteiger partial charge in [0.05, 0.1) is 11.4 Å². The lowest BCUT2D eigenvalue weighted by Crippen LogP contribution is -2.16. The topological polar surface area (TPSA) is 49.9 Å². The summed E-state index contributed by atoms with van der Waals surface area (Å²) in [5.74, 6) is 0. The molecule has 3 N–H and O–H groups in total. The quantitative estimate of drug-likeness (QED) is 0.683. The van der Waals surface area contributed by atoms with Crippen molar-refractivity contribution in [3.63, 3.8) is 0 Å². The number of allylic oxidation sites excluding steroid dienone is 8. The third kappa shape index (κ3) is 1.91. The van der Waals surface area contributed by atoms with Gasteiger partial charge in [-0.15, -0.1) is 0 Å². The first-order valence-corrected chi connectivity index (χ1v) is 4.43. The Morgan fingerprint density at radius 2 is 2.14 bits per heavy atom. The summed E-state index contributed by atoms with van der Waals surface area (Å²) in [6.07, 6.45) is 11.0. The van der Waals surface area contributed by atoms with E-state index in [1.165, 1.54) is 0 Å². The Balaban J connectivity index is 3.10. The van der Waals surface area contributed by atoms with E-state index in [0.717, 1.165) is 11.1 Å². The smallest absolute Gasteiger partial charge is 0.0847 e. The fourth-order valence-electron chi connectivity index (χ4n) is 1.24. The fourth-order valence-corrected chi connectivity index (χ4v) is 1.24. The lowest BCUT2D eigenvalue weighted by atomic mass is 9.96. The van der Waals surface area contributed by atoms with E-state index in [1.807, 2.05) is 31.2 Å². The molecule has 0 unspecified atom stereocenters. The van der Waals surface area contributed by atoms with Crippen molar-refractivity contribution in [1.29, 1.82) is 5.41 Å². The average molecular weight is 186 g/mol. The molecule has 72 valence electrons. The normalized spacial score (nSPS) is 19.8. The molecule has 0 aromatic carbocycles. The summed E-state index contributed by atoms with van der Waals surface area (Å²) < 4.78 is 0. The second-order valence-electron chi connectivity index (χ2n) is 2.94. The molecule has 1 rings (SSSR count). The maximum Gasteiger partial charge on any atom is 0.0847 e. The molecule has 0 spiro atoms. The molecule has 0 saturated heterocycles. The van der Waals surface area contributed by atoms with Crippen LogP contribution < -0.4 is 5.73 Å². The summed E-state index contributed by atoms with van der Waals surface area (Å²) in [6.45, 7) is 5.52. The molecular weight excluding hydrogens is 172 g/mol. The van der Waals surface area contributed by atoms with Gasteiger partial charge in [-0.1, -0.05) is 43.0 Å². The summed E-state index contributed by atoms with van der Waals surface area (Å²) in [6, 6.07) is 0. The van der Waals surface area contributed by atoms with Crippen molar-refractivity contribution in [3.05, 3.63) is 59.9 Å². The molecule has 0 heterocycles. The first-order valence-electron chi connectivity index (χ1n) is 4.43. The Kier molecular flexibility index (Phi) is 3.24. The summed E-state index contributed by atoms with van der Waals surface area (Å²) in [7, 11) is 0. The highest BCUT2D eigenvalue weighted by molar-refractivity contribution is 6.13. The lowest BCUT2D eigenvalue weighted by Gasteiger charge is -2.12. The van der Waals surface area contributed by atoms with E-state index in [9.17, 15) is 0 Å². The minimum absolute atomic E-state index is 0.362. The van der Waals surface area contributed by atoms with Gasteiger partial charge in [-0.25, -0.2) is 0 Å². The molecule has 2 nitrogen and oxygen atoms in total. The molecular formula is C12H14N2. The molecule has 0 amide bonds. The Labute approximate surface area is 84.3 Å². The van der Waals surface area contributed by atoms with Crippen LogP contribution in [0.15, 0.2) is 59.9 Å². The largest absolute Gasteiger partial charge is 0.396 e. The van der Waals surface area contributed by atoms with Crippen molar-refractivity contribution in [1.82, 2.24) is 0 Å². The van der Waals surface area contributed by atoms with Crippen LogP contribution in [0.5, 0.6) is 0 Å². The van der Waals surface area contributed by atoms with Crippen LogP contribution in [0.2, 0.25) is 0 Å². The van der Waals surface area contributed by atoms with Crippen LogP contribution >= 0.6 is 0 Å². The van der Waals surface area contributed by atoms with E-state index in [0.29, 0.717) is 11.4 Å². The maximum absolute atomic E-state index is 7.78. The molecule has 0 saturated carbocycles. The molecule has 14 heavy (non-hydrogen) atoms. The second kappa shape index (κ2) is 4.42. The van der Waals surface area contributed by atoms with E-state index in [4.69, 9.17) is 11.1 Å². The van der Waals surface area contributed by atoms with Gasteiger partial charge in [0.2, 0.25) is 0 Å². The third-order valence-corrected chi connectivity index (χ3v) is 1.96. The van der Waals surface area contributed by atoms with Gasteiger partial charge in [0.25, 0.3) is 0 Å². The predicted molar refractivity (Wildman–Crippen MR) is 61.2 cm³/mol. The maximum atomic E-state index is 7.78. The van der Waals surface area contributed by atoms with Crippen LogP contribution in [0.4, 0.5) is 0 Å². The van der Waals surface area contributed by atoms with Gasteiger partial charge in [0.15, 0.2) is 0 Å². The zero-order chi connectivity index (χ0) is 10.6. The summed E-state index contributed by atoms with van der Waals surface area (Å²) in [5, 5.41) is 7.78. The van der Waals surface area contributed by atoms with Gasteiger partial charge >= 0.3 is 0 Å². The monoisotopic (exact) mass is 186 g/mol. The first kappa shape index (κ1) is 10.3. The SMILES string of the molecule is C=C/C=C1/C=CC(/C=C\C)=C(N)C1=N. The number of hydrogen-bond acceptors (Lipinski definition) is 2. The van der Waals surface area contributed by atoms with Crippen LogP contribution in [-0.4, -0.2) is 5.71 Å². The Morgan fingerprint density at radius 1 is 1.43 bits per heavy atom. The van der Waals surface area contributed by atoms with Gasteiger partial charge < -0.3 is 5.73 Å². The van der Waals surface area contributed by atoms with Crippen LogP contribution in [0.1, 0.15) is 6.92 Å². The molecule has 0 aromatic heterocycles. The molecule has 0 radical (unpaired) electrons. The molecule has 1 aliphatic rings. The standard InChI is InChI=1S/C12H14N2/c1-3-5-9-7-8-10(6-4-2)12(14)11(9)13/h3-8,13H,1,14H2,2H3/b6-4-,9-5-,13-11?. The predicted octanol–water partition coefficient (Wildman–Crippen LogP) is 2.48. The zero-order valence-corrected chi connectivity index (χ0v) is 8.25. The third-order valence-electron chi connectivity index (χ3n) is 1.96. The van der Waals surface area contributed by atoms with Crippen molar-refractivity contribution in [2.45, 2.75) is 6.92 Å². The lowest BCUT2D eigenvalue weighted by molar-refractivity contribution is 1.33. The Hall–Kier alpha value is -1.83. The highest BCUT2D eigenvalue weighted by Gasteiger charge is 2.12. The average Bonchev–Trinajstić information content (AvgIpc) is 2.18. The first-order chi connectivity index (χ1) is 6.70. The molecule has 0 bridgehead atoms. The van der Waals surface area contributed by atoms with E-state index < -0.39 is 0 Å². The van der Waals surface area contributed by atoms with Crippen molar-refractivity contribution in [2.75, 3.05) is 0 Å². The van der Waals surface area contributed by atoms with Crippen molar-refractivity contribution < 1.29 is 0 Å². The van der Waals surface area contributed by atoms with Gasteiger partial charge in [-0.3, -0.25) is 5.41 Å². The number of nitrogens with one attached hydrogen (secondary N) is 1. The number of rotatable bonds is 2. The highest BCUT2D eigenvalue weighted by Crippen LogP contribution is 2.17. The minimum atomic E-state index is 0.362. The van der Waals surface area contributed by atoms with E-state index >= 15 is 0 Å². The highest BCUT2D eigenvalue weighted by atomic mass is 14.6. The molecule has 1 aliphatic carbocycles. The molecule has 2 heteroatoms. The molecule has 0 fully saturated rings. The zero-order valence-electron chi connectivity index (χ0n) is 8.25. The fraction of sp³-hybridized carbons (Fsp3) is 0.0833. The van der Waals surface area contributed by atoms with Gasteiger partial charge in [0.1, 0.15) is 0 Å². The van der Waals surface area contributed by atoms with Crippen molar-refractivity contribution in [3.8, 4) is 0 Å². The molecule has 0 aliphatic heterocycles. The Bertz CT molecular complexity index is 379. The molecule has 0 atom stereocenters. The van der Waals surface area contributed by atoms with E-state index in [2.05, 4.69) is 6.58 Å². The number of nitrogens with two attached hydrogens (primary N) is 1.